The van der Waals surface area contributed by atoms with Gasteiger partial charge >= 0.3 is 0 Å². The molecule has 0 radical (unpaired) electrons. The van der Waals surface area contributed by atoms with Crippen LogP contribution in [0.2, 0.25) is 0 Å². The van der Waals surface area contributed by atoms with Crippen molar-refractivity contribution in [1.82, 2.24) is 15.2 Å². The van der Waals surface area contributed by atoms with Gasteiger partial charge in [0, 0.05) is 24.4 Å². The van der Waals surface area contributed by atoms with E-state index in [0.717, 1.165) is 40.8 Å². The number of aromatic amines is 1. The Morgan fingerprint density at radius 2 is 1.82 bits per heavy atom. The van der Waals surface area contributed by atoms with Gasteiger partial charge < -0.3 is 5.32 Å². The molecule has 0 spiro atoms. The first kappa shape index (κ1) is 18.7. The molecule has 2 heterocycles. The molecule has 0 amide bonds. The first-order valence-electron chi connectivity index (χ1n) is 10.3. The third-order valence-electron chi connectivity index (χ3n) is 5.63. The molecule has 3 aromatic rings. The van der Waals surface area contributed by atoms with Crippen LogP contribution in [0.15, 0.2) is 36.5 Å². The average molecular weight is 377 g/mol. The van der Waals surface area contributed by atoms with Crippen molar-refractivity contribution in [3.8, 4) is 0 Å². The maximum atomic E-state index is 11.3. The number of hydrogen-bond acceptors (Lipinski definition) is 4. The molecule has 146 valence electrons. The standard InChI is InChI=1S/C23H28N4O/c1-16(28)15-18-9-7-17(8-10-18)11-12-20-22-21(27-26-20)13-14-24-23(22)25-19-5-3-2-4-6-19/h7-10,13-14,19H,2-6,11-12,15H2,1H3,(H,24,25)(H,26,27). The molecule has 5 nitrogen and oxygen atoms in total. The number of benzene rings is 1. The number of pyridine rings is 1. The predicted molar refractivity (Wildman–Crippen MR) is 113 cm³/mol. The zero-order valence-corrected chi connectivity index (χ0v) is 16.5. The van der Waals surface area contributed by atoms with E-state index in [-0.39, 0.29) is 5.78 Å². The minimum atomic E-state index is 0.196. The van der Waals surface area contributed by atoms with E-state index in [2.05, 4.69) is 44.8 Å². The van der Waals surface area contributed by atoms with E-state index in [9.17, 15) is 4.79 Å². The molecule has 2 N–H and O–H groups in total. The van der Waals surface area contributed by atoms with Crippen molar-refractivity contribution < 1.29 is 4.79 Å². The molecule has 1 aliphatic rings. The number of aryl methyl sites for hydroxylation is 2. The number of anilines is 1. The molecule has 0 atom stereocenters. The third kappa shape index (κ3) is 4.41. The number of aromatic nitrogens is 3. The van der Waals surface area contributed by atoms with E-state index < -0.39 is 0 Å². The van der Waals surface area contributed by atoms with E-state index >= 15 is 0 Å². The van der Waals surface area contributed by atoms with Crippen LogP contribution in [0.25, 0.3) is 10.9 Å². The Bertz CT molecular complexity index is 939. The van der Waals surface area contributed by atoms with Gasteiger partial charge in [-0.3, -0.25) is 9.89 Å². The Morgan fingerprint density at radius 3 is 2.57 bits per heavy atom. The quantitative estimate of drug-likeness (QED) is 0.631. The molecule has 1 saturated carbocycles. The van der Waals surface area contributed by atoms with Gasteiger partial charge in [0.25, 0.3) is 0 Å². The summed E-state index contributed by atoms with van der Waals surface area (Å²) in [7, 11) is 0. The van der Waals surface area contributed by atoms with Crippen LogP contribution < -0.4 is 5.32 Å². The fraction of sp³-hybridized carbons (Fsp3) is 0.435. The largest absolute Gasteiger partial charge is 0.367 e. The molecule has 5 heteroatoms. The summed E-state index contributed by atoms with van der Waals surface area (Å²) in [6.07, 6.45) is 10.5. The summed E-state index contributed by atoms with van der Waals surface area (Å²) in [5.41, 5.74) is 4.45. The Kier molecular flexibility index (Phi) is 5.70. The number of ketones is 1. The highest BCUT2D eigenvalue weighted by molar-refractivity contribution is 5.91. The molecule has 2 aromatic heterocycles. The van der Waals surface area contributed by atoms with Crippen molar-refractivity contribution in [3.05, 3.63) is 53.3 Å². The van der Waals surface area contributed by atoms with Gasteiger partial charge in [-0.2, -0.15) is 5.10 Å². The van der Waals surface area contributed by atoms with E-state index in [1.807, 2.05) is 12.3 Å². The van der Waals surface area contributed by atoms with Crippen LogP contribution in [0.5, 0.6) is 0 Å². The van der Waals surface area contributed by atoms with Crippen molar-refractivity contribution in [3.63, 3.8) is 0 Å². The molecular formula is C23H28N4O. The fourth-order valence-corrected chi connectivity index (χ4v) is 4.14. The zero-order valence-electron chi connectivity index (χ0n) is 16.5. The highest BCUT2D eigenvalue weighted by Crippen LogP contribution is 2.27. The number of hydrogen-bond donors (Lipinski definition) is 2. The molecule has 0 aliphatic heterocycles. The number of Topliss-reactive ketones (excluding diaryl/α,β-unsaturated/α-hetero) is 1. The summed E-state index contributed by atoms with van der Waals surface area (Å²) < 4.78 is 0. The number of H-pyrrole nitrogens is 1. The van der Waals surface area contributed by atoms with Crippen molar-refractivity contribution >= 4 is 22.5 Å². The smallest absolute Gasteiger partial charge is 0.137 e. The first-order valence-corrected chi connectivity index (χ1v) is 10.3. The third-order valence-corrected chi connectivity index (χ3v) is 5.63. The van der Waals surface area contributed by atoms with Gasteiger partial charge in [0.15, 0.2) is 0 Å². The van der Waals surface area contributed by atoms with Crippen molar-refractivity contribution in [2.24, 2.45) is 0 Å². The van der Waals surface area contributed by atoms with E-state index in [1.165, 1.54) is 37.7 Å². The molecule has 0 bridgehead atoms. The topological polar surface area (TPSA) is 70.7 Å². The monoisotopic (exact) mass is 376 g/mol. The molecule has 1 fully saturated rings. The minimum absolute atomic E-state index is 0.196. The molecule has 0 unspecified atom stereocenters. The highest BCUT2D eigenvalue weighted by atomic mass is 16.1. The second-order valence-corrected chi connectivity index (χ2v) is 7.93. The second-order valence-electron chi connectivity index (χ2n) is 7.93. The number of carbonyl (C=O) groups excluding carboxylic acids is 1. The van der Waals surface area contributed by atoms with Gasteiger partial charge in [0.2, 0.25) is 0 Å². The summed E-state index contributed by atoms with van der Waals surface area (Å²) in [4.78, 5) is 15.9. The average Bonchev–Trinajstić information content (AvgIpc) is 3.12. The van der Waals surface area contributed by atoms with Crippen LogP contribution >= 0.6 is 0 Å². The number of fused-ring (bicyclic) bond motifs is 1. The van der Waals surface area contributed by atoms with Gasteiger partial charge in [-0.05, 0) is 49.8 Å². The van der Waals surface area contributed by atoms with E-state index in [4.69, 9.17) is 0 Å². The van der Waals surface area contributed by atoms with Crippen LogP contribution in [0.4, 0.5) is 5.82 Å². The lowest BCUT2D eigenvalue weighted by Gasteiger charge is -2.23. The molecule has 1 aromatic carbocycles. The number of rotatable bonds is 7. The lowest BCUT2D eigenvalue weighted by molar-refractivity contribution is -0.116. The highest BCUT2D eigenvalue weighted by Gasteiger charge is 2.17. The van der Waals surface area contributed by atoms with Crippen LogP contribution in [-0.4, -0.2) is 27.0 Å². The maximum absolute atomic E-state index is 11.3. The van der Waals surface area contributed by atoms with Crippen molar-refractivity contribution in [1.29, 1.82) is 0 Å². The second kappa shape index (κ2) is 8.55. The summed E-state index contributed by atoms with van der Waals surface area (Å²) in [6.45, 7) is 1.63. The first-order chi connectivity index (χ1) is 13.7. The molecular weight excluding hydrogens is 348 g/mol. The van der Waals surface area contributed by atoms with E-state index in [0.29, 0.717) is 12.5 Å². The Labute approximate surface area is 166 Å². The van der Waals surface area contributed by atoms with Gasteiger partial charge in [0.05, 0.1) is 10.9 Å². The van der Waals surface area contributed by atoms with Crippen molar-refractivity contribution in [2.75, 3.05) is 5.32 Å². The molecule has 4 rings (SSSR count). The van der Waals surface area contributed by atoms with E-state index in [1.54, 1.807) is 6.92 Å². The maximum Gasteiger partial charge on any atom is 0.137 e. The van der Waals surface area contributed by atoms with Gasteiger partial charge in [-0.25, -0.2) is 4.98 Å². The number of nitrogens with one attached hydrogen (secondary N) is 2. The van der Waals surface area contributed by atoms with Crippen LogP contribution in [0, 0.1) is 0 Å². The van der Waals surface area contributed by atoms with Crippen LogP contribution in [0.3, 0.4) is 0 Å². The molecule has 0 saturated heterocycles. The number of carbonyl (C=O) groups is 1. The van der Waals surface area contributed by atoms with Gasteiger partial charge in [0.1, 0.15) is 11.6 Å². The lowest BCUT2D eigenvalue weighted by Crippen LogP contribution is -2.23. The predicted octanol–water partition coefficient (Wildman–Crippen LogP) is 4.62. The van der Waals surface area contributed by atoms with Crippen molar-refractivity contribution in [2.45, 2.75) is 64.3 Å². The number of nitrogens with zero attached hydrogens (tertiary/aromatic N) is 2. The zero-order chi connectivity index (χ0) is 19.3. The SMILES string of the molecule is CC(=O)Cc1ccc(CCc2[nH]nc3ccnc(NC4CCCCC4)c23)cc1. The van der Waals surface area contributed by atoms with Crippen LogP contribution in [0.1, 0.15) is 55.8 Å². The summed E-state index contributed by atoms with van der Waals surface area (Å²) in [5.74, 6) is 1.16. The minimum Gasteiger partial charge on any atom is -0.367 e. The fourth-order valence-electron chi connectivity index (χ4n) is 4.14. The molecule has 28 heavy (non-hydrogen) atoms. The van der Waals surface area contributed by atoms with Gasteiger partial charge in [-0.1, -0.05) is 43.5 Å². The van der Waals surface area contributed by atoms with Crippen LogP contribution in [-0.2, 0) is 24.1 Å². The molecule has 1 aliphatic carbocycles. The summed E-state index contributed by atoms with van der Waals surface area (Å²) in [5, 5.41) is 12.5. The Balaban J connectivity index is 1.48. The Morgan fingerprint density at radius 1 is 1.07 bits per heavy atom. The summed E-state index contributed by atoms with van der Waals surface area (Å²) in [6, 6.07) is 10.8. The lowest BCUT2D eigenvalue weighted by atomic mass is 9.95. The Hall–Kier alpha value is -2.69. The normalized spacial score (nSPS) is 15.0. The summed E-state index contributed by atoms with van der Waals surface area (Å²) >= 11 is 0. The van der Waals surface area contributed by atoms with Gasteiger partial charge in [-0.15, -0.1) is 0 Å².